The fraction of sp³-hybridized carbons (Fsp3) is 0. The molecule has 322 valence electrons. The van der Waals surface area contributed by atoms with Gasteiger partial charge < -0.3 is 13.4 Å². The Morgan fingerprint density at radius 3 is 1.30 bits per heavy atom. The van der Waals surface area contributed by atoms with Crippen molar-refractivity contribution >= 4 is 65.6 Å². The van der Waals surface area contributed by atoms with Gasteiger partial charge in [0.15, 0.2) is 28.6 Å². The number of benzene rings is 10. The highest BCUT2D eigenvalue weighted by molar-refractivity contribution is 6.10. The molecule has 0 fully saturated rings. The van der Waals surface area contributed by atoms with Gasteiger partial charge in [-0.3, -0.25) is 0 Å². The van der Waals surface area contributed by atoms with Crippen LogP contribution in [-0.2, 0) is 0 Å². The molecule has 0 aliphatic heterocycles. The second kappa shape index (κ2) is 15.5. The van der Waals surface area contributed by atoms with Crippen LogP contribution in [0.25, 0.3) is 139 Å². The van der Waals surface area contributed by atoms with Gasteiger partial charge in [-0.2, -0.15) is 0 Å². The minimum absolute atomic E-state index is 0.561. The molecule has 0 atom stereocenters. The molecule has 0 unspecified atom stereocenters. The van der Waals surface area contributed by atoms with Crippen molar-refractivity contribution in [3.63, 3.8) is 0 Å². The molecular weight excluding hydrogens is 849 g/mol. The quantitative estimate of drug-likeness (QED) is 0.157. The maximum Gasteiger partial charge on any atom is 0.227 e. The summed E-state index contributed by atoms with van der Waals surface area (Å²) in [6.45, 7) is 0. The predicted octanol–water partition coefficient (Wildman–Crippen LogP) is 15.6. The lowest BCUT2D eigenvalue weighted by atomic mass is 10.0. The Balaban J connectivity index is 0.915. The smallest absolute Gasteiger partial charge is 0.227 e. The highest BCUT2D eigenvalue weighted by Crippen LogP contribution is 2.37. The van der Waals surface area contributed by atoms with E-state index in [4.69, 9.17) is 33.8 Å². The van der Waals surface area contributed by atoms with Gasteiger partial charge in [-0.05, 0) is 130 Å². The number of hydrogen-bond acceptors (Lipinski definition) is 7. The highest BCUT2D eigenvalue weighted by Gasteiger charge is 2.19. The highest BCUT2D eigenvalue weighted by atomic mass is 16.4. The molecule has 10 aromatic carbocycles. The number of rotatable bonds is 7. The predicted molar refractivity (Wildman–Crippen MR) is 277 cm³/mol. The summed E-state index contributed by atoms with van der Waals surface area (Å²) >= 11 is 0. The number of para-hydroxylation sites is 5. The summed E-state index contributed by atoms with van der Waals surface area (Å²) < 4.78 is 14.7. The van der Waals surface area contributed by atoms with Crippen LogP contribution in [0.1, 0.15) is 0 Å². The van der Waals surface area contributed by atoms with E-state index in [0.29, 0.717) is 29.3 Å². The van der Waals surface area contributed by atoms with Crippen LogP contribution in [-0.4, -0.2) is 29.5 Å². The number of aromatic nitrogens is 6. The first-order valence-electron chi connectivity index (χ1n) is 22.9. The molecule has 14 rings (SSSR count). The van der Waals surface area contributed by atoms with E-state index in [1.807, 2.05) is 66.7 Å². The van der Waals surface area contributed by atoms with Gasteiger partial charge in [0, 0.05) is 44.3 Å². The van der Waals surface area contributed by atoms with E-state index in [9.17, 15) is 0 Å². The summed E-state index contributed by atoms with van der Waals surface area (Å²) in [6.07, 6.45) is 0. The van der Waals surface area contributed by atoms with E-state index in [-0.39, 0.29) is 0 Å². The first-order valence-corrected chi connectivity index (χ1v) is 22.9. The van der Waals surface area contributed by atoms with Gasteiger partial charge in [0.25, 0.3) is 0 Å². The van der Waals surface area contributed by atoms with Crippen LogP contribution in [0.2, 0.25) is 0 Å². The molecule has 14 aromatic rings. The number of hydrogen-bond donors (Lipinski definition) is 0. The number of fused-ring (bicyclic) bond motifs is 7. The van der Waals surface area contributed by atoms with Crippen molar-refractivity contribution in [1.82, 2.24) is 29.5 Å². The monoisotopic (exact) mass is 884 g/mol. The SMILES string of the molecule is c1ccc(-c2ccc(-n3c4ccccc4c4cc(-c5nc(-c6ccc7ccc(-c8nc9ccccc9o8)cc7c6)nc(-c6ccc7ccc(-c8nc9ccccc9o8)cc7c6)n5)ccc43)cc2)cc1. The van der Waals surface area contributed by atoms with E-state index in [0.717, 1.165) is 99.1 Å². The molecule has 0 spiro atoms. The van der Waals surface area contributed by atoms with Gasteiger partial charge in [-0.1, -0.05) is 121 Å². The molecule has 0 saturated carbocycles. The molecule has 0 saturated heterocycles. The van der Waals surface area contributed by atoms with Crippen molar-refractivity contribution in [2.24, 2.45) is 0 Å². The van der Waals surface area contributed by atoms with Crippen molar-refractivity contribution in [1.29, 1.82) is 0 Å². The van der Waals surface area contributed by atoms with Crippen LogP contribution in [0.15, 0.2) is 227 Å². The minimum atomic E-state index is 0.561. The van der Waals surface area contributed by atoms with Crippen molar-refractivity contribution in [2.75, 3.05) is 0 Å². The second-order valence-corrected chi connectivity index (χ2v) is 17.3. The van der Waals surface area contributed by atoms with E-state index >= 15 is 0 Å². The lowest BCUT2D eigenvalue weighted by Crippen LogP contribution is -2.00. The van der Waals surface area contributed by atoms with Gasteiger partial charge in [0.05, 0.1) is 11.0 Å². The Hall–Kier alpha value is -9.53. The maximum atomic E-state index is 6.17. The van der Waals surface area contributed by atoms with Crippen LogP contribution < -0.4 is 0 Å². The summed E-state index contributed by atoms with van der Waals surface area (Å²) in [4.78, 5) is 25.3. The van der Waals surface area contributed by atoms with Gasteiger partial charge in [-0.15, -0.1) is 0 Å². The summed E-state index contributed by atoms with van der Waals surface area (Å²) in [5.41, 5.74) is 13.2. The zero-order chi connectivity index (χ0) is 45.4. The van der Waals surface area contributed by atoms with Gasteiger partial charge >= 0.3 is 0 Å². The van der Waals surface area contributed by atoms with Crippen LogP contribution in [0.4, 0.5) is 0 Å². The molecule has 0 radical (unpaired) electrons. The van der Waals surface area contributed by atoms with Crippen molar-refractivity contribution in [3.05, 3.63) is 218 Å². The topological polar surface area (TPSA) is 95.7 Å². The molecule has 8 nitrogen and oxygen atoms in total. The molecule has 0 amide bonds. The van der Waals surface area contributed by atoms with Crippen LogP contribution in [0.5, 0.6) is 0 Å². The van der Waals surface area contributed by atoms with Gasteiger partial charge in [-0.25, -0.2) is 24.9 Å². The van der Waals surface area contributed by atoms with Crippen molar-refractivity contribution in [2.45, 2.75) is 0 Å². The van der Waals surface area contributed by atoms with Crippen LogP contribution >= 0.6 is 0 Å². The third-order valence-electron chi connectivity index (χ3n) is 13.1. The zero-order valence-electron chi connectivity index (χ0n) is 36.8. The third kappa shape index (κ3) is 6.73. The molecule has 4 heterocycles. The van der Waals surface area contributed by atoms with E-state index in [1.54, 1.807) is 0 Å². The standard InChI is InChI=1S/C61H36N6O2/c1-2-10-37(11-3-1)38-26-29-48(30-27-38)67-53-15-7-4-12-49(53)50-36-43(28-31-54(50)67)59-65-57(41-22-18-39-20-24-44(34-46(39)32-41)60-62-51-13-5-8-16-55(51)68-60)64-58(66-59)42-23-19-40-21-25-45(35-47(40)33-42)61-63-52-14-6-9-17-56(52)69-61/h1-36H. The summed E-state index contributed by atoms with van der Waals surface area (Å²) in [6, 6.07) is 75.2. The Morgan fingerprint density at radius 2 is 0.725 bits per heavy atom. The molecule has 0 bridgehead atoms. The second-order valence-electron chi connectivity index (χ2n) is 17.3. The first kappa shape index (κ1) is 38.7. The molecule has 0 aliphatic carbocycles. The molecule has 4 aromatic heterocycles. The summed E-state index contributed by atoms with van der Waals surface area (Å²) in [7, 11) is 0. The molecule has 0 aliphatic rings. The van der Waals surface area contributed by atoms with Crippen molar-refractivity contribution < 1.29 is 8.83 Å². The molecular formula is C61H36N6O2. The van der Waals surface area contributed by atoms with Crippen LogP contribution in [0.3, 0.4) is 0 Å². The van der Waals surface area contributed by atoms with E-state index in [1.165, 1.54) is 11.1 Å². The fourth-order valence-corrected chi connectivity index (χ4v) is 9.62. The largest absolute Gasteiger partial charge is 0.436 e. The third-order valence-corrected chi connectivity index (χ3v) is 13.1. The van der Waals surface area contributed by atoms with Crippen molar-refractivity contribution in [3.8, 4) is 73.9 Å². The zero-order valence-corrected chi connectivity index (χ0v) is 36.8. The van der Waals surface area contributed by atoms with E-state index in [2.05, 4.69) is 156 Å². The first-order chi connectivity index (χ1) is 34.1. The summed E-state index contributed by atoms with van der Waals surface area (Å²) in [5.74, 6) is 2.84. The Morgan fingerprint density at radius 1 is 0.290 bits per heavy atom. The Labute approximate surface area is 394 Å². The van der Waals surface area contributed by atoms with Gasteiger partial charge in [0.1, 0.15) is 11.0 Å². The molecule has 69 heavy (non-hydrogen) atoms. The summed E-state index contributed by atoms with van der Waals surface area (Å²) in [5, 5.41) is 6.43. The maximum absolute atomic E-state index is 6.17. The molecule has 8 heteroatoms. The average Bonchev–Trinajstić information content (AvgIpc) is 4.15. The normalized spacial score (nSPS) is 11.8. The fourth-order valence-electron chi connectivity index (χ4n) is 9.62. The van der Waals surface area contributed by atoms with Crippen LogP contribution in [0, 0.1) is 0 Å². The number of oxazole rings is 2. The molecule has 0 N–H and O–H groups in total. The van der Waals surface area contributed by atoms with E-state index < -0.39 is 0 Å². The lowest BCUT2D eigenvalue weighted by molar-refractivity contribution is 0.619. The minimum Gasteiger partial charge on any atom is -0.436 e. The lowest BCUT2D eigenvalue weighted by Gasteiger charge is -2.11. The Kier molecular flexibility index (Phi) is 8.72. The van der Waals surface area contributed by atoms with Gasteiger partial charge in [0.2, 0.25) is 11.8 Å². The number of nitrogens with zero attached hydrogens (tertiary/aromatic N) is 6. The average molecular weight is 885 g/mol. The Bertz CT molecular complexity index is 4080.